The Labute approximate surface area is 145 Å². The summed E-state index contributed by atoms with van der Waals surface area (Å²) in [5.74, 6) is -2.17. The molecule has 0 amide bonds. The van der Waals surface area contributed by atoms with Gasteiger partial charge in [0.1, 0.15) is 25.1 Å². The van der Waals surface area contributed by atoms with Crippen LogP contribution in [-0.2, 0) is 33.4 Å². The third kappa shape index (κ3) is 4.43. The van der Waals surface area contributed by atoms with Gasteiger partial charge in [-0.3, -0.25) is 14.4 Å². The van der Waals surface area contributed by atoms with Gasteiger partial charge < -0.3 is 14.2 Å². The molecule has 0 aromatic rings. The van der Waals surface area contributed by atoms with Crippen molar-refractivity contribution < 1.29 is 33.4 Å². The highest BCUT2D eigenvalue weighted by Crippen LogP contribution is 2.38. The van der Waals surface area contributed by atoms with E-state index in [0.29, 0.717) is 24.9 Å². The van der Waals surface area contributed by atoms with E-state index in [-0.39, 0.29) is 12.2 Å². The maximum Gasteiger partial charge on any atom is 0.334 e. The number of allylic oxidation sites excluding steroid dienone is 3. The van der Waals surface area contributed by atoms with Gasteiger partial charge >= 0.3 is 11.9 Å². The van der Waals surface area contributed by atoms with Crippen LogP contribution < -0.4 is 0 Å². The standard InChI is InChI=1S/C18H20O7/c1-11-16-15(25-18(11)22)7-6-13(8-19)4-3-5-14(9-23-10-20)17(16)24-12(2)21/h3-5,8,10,14-17H,1,6-7,9H2,2H3/b5-3-,13-4+/t14-,15+,16-,17-/m0/s1. The molecule has 2 rings (SSSR count). The summed E-state index contributed by atoms with van der Waals surface area (Å²) in [6, 6.07) is 0. The van der Waals surface area contributed by atoms with E-state index in [2.05, 4.69) is 6.58 Å². The van der Waals surface area contributed by atoms with Crippen molar-refractivity contribution in [2.75, 3.05) is 6.61 Å². The van der Waals surface area contributed by atoms with Gasteiger partial charge in [0, 0.05) is 18.4 Å². The second-order valence-electron chi connectivity index (χ2n) is 5.95. The van der Waals surface area contributed by atoms with Crippen LogP contribution in [0.3, 0.4) is 0 Å². The minimum absolute atomic E-state index is 0.0487. The van der Waals surface area contributed by atoms with E-state index in [4.69, 9.17) is 14.2 Å². The van der Waals surface area contributed by atoms with Crippen LogP contribution >= 0.6 is 0 Å². The van der Waals surface area contributed by atoms with Gasteiger partial charge in [-0.1, -0.05) is 24.8 Å². The average molecular weight is 348 g/mol. The van der Waals surface area contributed by atoms with Crippen LogP contribution in [0.15, 0.2) is 36.0 Å². The number of carbonyl (C=O) groups is 4. The summed E-state index contributed by atoms with van der Waals surface area (Å²) in [5.41, 5.74) is 0.752. The third-order valence-electron chi connectivity index (χ3n) is 4.30. The molecule has 1 heterocycles. The second-order valence-corrected chi connectivity index (χ2v) is 5.95. The predicted octanol–water partition coefficient (Wildman–Crippen LogP) is 1.28. The smallest absolute Gasteiger partial charge is 0.334 e. The van der Waals surface area contributed by atoms with E-state index in [1.165, 1.54) is 6.92 Å². The Kier molecular flexibility index (Phi) is 6.27. The Morgan fingerprint density at radius 2 is 2.20 bits per heavy atom. The van der Waals surface area contributed by atoms with Crippen LogP contribution in [0.4, 0.5) is 0 Å². The lowest BCUT2D eigenvalue weighted by Crippen LogP contribution is -2.40. The number of carbonyl (C=O) groups excluding carboxylic acids is 4. The monoisotopic (exact) mass is 348 g/mol. The molecule has 1 aliphatic carbocycles. The molecule has 1 aliphatic heterocycles. The fraction of sp³-hybridized carbons (Fsp3) is 0.444. The number of hydrogen-bond donors (Lipinski definition) is 0. The molecular formula is C18H20O7. The number of ether oxygens (including phenoxy) is 3. The molecule has 4 atom stereocenters. The van der Waals surface area contributed by atoms with Crippen LogP contribution in [0.5, 0.6) is 0 Å². The minimum atomic E-state index is -0.774. The summed E-state index contributed by atoms with van der Waals surface area (Å²) in [6.07, 6.45) is 5.18. The molecule has 0 aromatic heterocycles. The molecule has 0 saturated carbocycles. The first-order valence-electron chi connectivity index (χ1n) is 7.92. The van der Waals surface area contributed by atoms with Gasteiger partial charge in [0.15, 0.2) is 0 Å². The molecule has 7 heteroatoms. The minimum Gasteiger partial charge on any atom is -0.467 e. The van der Waals surface area contributed by atoms with Crippen molar-refractivity contribution in [1.82, 2.24) is 0 Å². The molecule has 134 valence electrons. The Morgan fingerprint density at radius 3 is 2.84 bits per heavy atom. The molecule has 0 bridgehead atoms. The Morgan fingerprint density at radius 1 is 1.44 bits per heavy atom. The van der Waals surface area contributed by atoms with Crippen molar-refractivity contribution in [3.05, 3.63) is 36.0 Å². The quantitative estimate of drug-likeness (QED) is 0.319. The van der Waals surface area contributed by atoms with Gasteiger partial charge in [-0.25, -0.2) is 4.79 Å². The van der Waals surface area contributed by atoms with Crippen molar-refractivity contribution in [3.63, 3.8) is 0 Å². The van der Waals surface area contributed by atoms with Gasteiger partial charge in [-0.2, -0.15) is 0 Å². The van der Waals surface area contributed by atoms with Crippen LogP contribution in [0.2, 0.25) is 0 Å². The lowest BCUT2D eigenvalue weighted by molar-refractivity contribution is -0.154. The topological polar surface area (TPSA) is 96.0 Å². The summed E-state index contributed by atoms with van der Waals surface area (Å²) in [6.45, 7) is 5.29. The lowest BCUT2D eigenvalue weighted by atomic mass is 9.81. The molecule has 25 heavy (non-hydrogen) atoms. The fourth-order valence-corrected chi connectivity index (χ4v) is 3.14. The van der Waals surface area contributed by atoms with Gasteiger partial charge in [0.2, 0.25) is 0 Å². The van der Waals surface area contributed by atoms with Crippen molar-refractivity contribution in [1.29, 1.82) is 0 Å². The Bertz CT molecular complexity index is 631. The first-order chi connectivity index (χ1) is 12.0. The highest BCUT2D eigenvalue weighted by Gasteiger charge is 2.47. The first kappa shape index (κ1) is 18.6. The number of hydrogen-bond acceptors (Lipinski definition) is 7. The van der Waals surface area contributed by atoms with Crippen LogP contribution in [0.1, 0.15) is 19.8 Å². The molecule has 0 aromatic carbocycles. The largest absolute Gasteiger partial charge is 0.467 e. The summed E-state index contributed by atoms with van der Waals surface area (Å²) >= 11 is 0. The van der Waals surface area contributed by atoms with Gasteiger partial charge in [0.05, 0.1) is 5.92 Å². The molecule has 7 nitrogen and oxygen atoms in total. The van der Waals surface area contributed by atoms with Crippen molar-refractivity contribution in [2.24, 2.45) is 11.8 Å². The summed E-state index contributed by atoms with van der Waals surface area (Å²) in [4.78, 5) is 45.3. The lowest BCUT2D eigenvalue weighted by Gasteiger charge is -2.31. The summed E-state index contributed by atoms with van der Waals surface area (Å²) < 4.78 is 15.7. The molecule has 0 spiro atoms. The zero-order valence-electron chi connectivity index (χ0n) is 13.9. The van der Waals surface area contributed by atoms with Gasteiger partial charge in [0.25, 0.3) is 6.47 Å². The molecule has 0 radical (unpaired) electrons. The predicted molar refractivity (Wildman–Crippen MR) is 86.1 cm³/mol. The van der Waals surface area contributed by atoms with E-state index >= 15 is 0 Å². The Hall–Kier alpha value is -2.70. The summed E-state index contributed by atoms with van der Waals surface area (Å²) in [5, 5.41) is 0. The van der Waals surface area contributed by atoms with Crippen LogP contribution in [0.25, 0.3) is 0 Å². The molecule has 2 aliphatic rings. The highest BCUT2D eigenvalue weighted by atomic mass is 16.6. The van der Waals surface area contributed by atoms with Gasteiger partial charge in [-0.05, 0) is 18.4 Å². The zero-order valence-corrected chi connectivity index (χ0v) is 13.9. The maximum absolute atomic E-state index is 12.0. The van der Waals surface area contributed by atoms with Crippen molar-refractivity contribution >= 4 is 24.7 Å². The second kappa shape index (κ2) is 8.41. The third-order valence-corrected chi connectivity index (χ3v) is 4.30. The Balaban J connectivity index is 2.45. The average Bonchev–Trinajstić information content (AvgIpc) is 2.86. The summed E-state index contributed by atoms with van der Waals surface area (Å²) in [7, 11) is 0. The van der Waals surface area contributed by atoms with E-state index in [1.807, 2.05) is 0 Å². The maximum atomic E-state index is 12.0. The number of fused-ring (bicyclic) bond motifs is 1. The molecule has 1 saturated heterocycles. The van der Waals surface area contributed by atoms with Crippen molar-refractivity contribution in [3.8, 4) is 0 Å². The van der Waals surface area contributed by atoms with E-state index in [9.17, 15) is 19.2 Å². The van der Waals surface area contributed by atoms with E-state index < -0.39 is 36.0 Å². The van der Waals surface area contributed by atoms with E-state index in [1.54, 1.807) is 18.2 Å². The fourth-order valence-electron chi connectivity index (χ4n) is 3.14. The molecular weight excluding hydrogens is 328 g/mol. The van der Waals surface area contributed by atoms with Crippen LogP contribution in [0, 0.1) is 11.8 Å². The SMILES string of the molecule is C=C1C(=O)O[C@@H]2CC/C(C=O)=C\C=C/[C@@H](COC=O)[C@H](OC(C)=O)[C@@H]12. The van der Waals surface area contributed by atoms with Crippen molar-refractivity contribution in [2.45, 2.75) is 32.0 Å². The number of aldehydes is 1. The number of rotatable bonds is 5. The number of esters is 2. The molecule has 1 fully saturated rings. The van der Waals surface area contributed by atoms with E-state index in [0.717, 1.165) is 6.29 Å². The van der Waals surface area contributed by atoms with Crippen LogP contribution in [-0.4, -0.2) is 43.5 Å². The van der Waals surface area contributed by atoms with Gasteiger partial charge in [-0.15, -0.1) is 0 Å². The molecule has 0 N–H and O–H groups in total. The molecule has 0 unspecified atom stereocenters. The highest BCUT2D eigenvalue weighted by molar-refractivity contribution is 5.91. The zero-order chi connectivity index (χ0) is 18.4. The normalized spacial score (nSPS) is 32.4. The first-order valence-corrected chi connectivity index (χ1v) is 7.92.